The van der Waals surface area contributed by atoms with Crippen molar-refractivity contribution in [3.8, 4) is 0 Å². The Balaban J connectivity index is 1.69. The number of thioether (sulfide) groups is 1. The SMILES string of the molecule is CN(C)c1nc(CN[C@H]2CSCCc3ccccc32)cs1. The van der Waals surface area contributed by atoms with Crippen molar-refractivity contribution in [3.63, 3.8) is 0 Å². The van der Waals surface area contributed by atoms with E-state index >= 15 is 0 Å². The van der Waals surface area contributed by atoms with Gasteiger partial charge in [-0.15, -0.1) is 11.3 Å². The van der Waals surface area contributed by atoms with Gasteiger partial charge in [-0.1, -0.05) is 24.3 Å². The Morgan fingerprint density at radius 1 is 1.33 bits per heavy atom. The van der Waals surface area contributed by atoms with Crippen molar-refractivity contribution >= 4 is 28.2 Å². The number of nitrogens with zero attached hydrogens (tertiary/aromatic N) is 2. The monoisotopic (exact) mass is 319 g/mol. The van der Waals surface area contributed by atoms with Crippen LogP contribution >= 0.6 is 23.1 Å². The van der Waals surface area contributed by atoms with Crippen LogP contribution in [-0.4, -0.2) is 30.6 Å². The van der Waals surface area contributed by atoms with Gasteiger partial charge < -0.3 is 10.2 Å². The van der Waals surface area contributed by atoms with Crippen LogP contribution in [0.4, 0.5) is 5.13 Å². The summed E-state index contributed by atoms with van der Waals surface area (Å²) in [5, 5.41) is 6.91. The minimum Gasteiger partial charge on any atom is -0.354 e. The Labute approximate surface area is 134 Å². The van der Waals surface area contributed by atoms with Gasteiger partial charge in [0.2, 0.25) is 0 Å². The van der Waals surface area contributed by atoms with Crippen LogP contribution in [0, 0.1) is 0 Å². The van der Waals surface area contributed by atoms with Crippen LogP contribution < -0.4 is 10.2 Å². The van der Waals surface area contributed by atoms with Crippen LogP contribution in [0.5, 0.6) is 0 Å². The number of nitrogens with one attached hydrogen (secondary N) is 1. The fourth-order valence-corrected chi connectivity index (χ4v) is 4.38. The summed E-state index contributed by atoms with van der Waals surface area (Å²) < 4.78 is 0. The van der Waals surface area contributed by atoms with Crippen molar-refractivity contribution in [3.05, 3.63) is 46.5 Å². The van der Waals surface area contributed by atoms with E-state index in [1.165, 1.54) is 23.3 Å². The van der Waals surface area contributed by atoms with E-state index < -0.39 is 0 Å². The maximum Gasteiger partial charge on any atom is 0.185 e. The number of benzene rings is 1. The molecule has 0 radical (unpaired) electrons. The second kappa shape index (κ2) is 6.81. The number of hydrogen-bond donors (Lipinski definition) is 1. The Morgan fingerprint density at radius 3 is 3.00 bits per heavy atom. The van der Waals surface area contributed by atoms with Crippen LogP contribution in [0.3, 0.4) is 0 Å². The summed E-state index contributed by atoms with van der Waals surface area (Å²) in [5.74, 6) is 2.36. The minimum atomic E-state index is 0.429. The third-order valence-electron chi connectivity index (χ3n) is 3.68. The number of anilines is 1. The lowest BCUT2D eigenvalue weighted by molar-refractivity contribution is 0.575. The minimum absolute atomic E-state index is 0.429. The molecule has 1 aromatic carbocycles. The molecule has 1 aliphatic heterocycles. The maximum absolute atomic E-state index is 4.65. The standard InChI is InChI=1S/C16H21N3S2/c1-19(2)16-18-13(10-21-16)9-17-15-11-20-8-7-12-5-3-4-6-14(12)15/h3-6,10,15,17H,7-9,11H2,1-2H3/t15-/m0/s1. The summed E-state index contributed by atoms with van der Waals surface area (Å²) >= 11 is 3.74. The van der Waals surface area contributed by atoms with E-state index in [0.717, 1.165) is 23.1 Å². The van der Waals surface area contributed by atoms with E-state index in [1.54, 1.807) is 11.3 Å². The van der Waals surface area contributed by atoms with Gasteiger partial charge in [0.1, 0.15) is 0 Å². The summed E-state index contributed by atoms with van der Waals surface area (Å²) in [6.07, 6.45) is 1.18. The Morgan fingerprint density at radius 2 is 2.19 bits per heavy atom. The molecular formula is C16H21N3S2. The molecule has 3 rings (SSSR count). The molecule has 5 heteroatoms. The van der Waals surface area contributed by atoms with Gasteiger partial charge in [0.05, 0.1) is 5.69 Å². The molecule has 1 aromatic heterocycles. The summed E-state index contributed by atoms with van der Waals surface area (Å²) in [4.78, 5) is 6.71. The Hall–Kier alpha value is -1.04. The lowest BCUT2D eigenvalue weighted by atomic mass is 10.00. The number of hydrogen-bond acceptors (Lipinski definition) is 5. The molecule has 0 fully saturated rings. The fraction of sp³-hybridized carbons (Fsp3) is 0.438. The number of rotatable bonds is 4. The highest BCUT2D eigenvalue weighted by Gasteiger charge is 2.18. The number of aryl methyl sites for hydroxylation is 1. The molecule has 112 valence electrons. The van der Waals surface area contributed by atoms with Gasteiger partial charge in [-0.25, -0.2) is 4.98 Å². The summed E-state index contributed by atoms with van der Waals surface area (Å²) in [7, 11) is 4.07. The van der Waals surface area contributed by atoms with E-state index in [4.69, 9.17) is 0 Å². The molecule has 0 saturated carbocycles. The van der Waals surface area contributed by atoms with Gasteiger partial charge in [0, 0.05) is 37.8 Å². The molecule has 0 aliphatic carbocycles. The number of aromatic nitrogens is 1. The molecule has 1 N–H and O–H groups in total. The molecule has 0 saturated heterocycles. The fourth-order valence-electron chi connectivity index (χ4n) is 2.55. The summed E-state index contributed by atoms with van der Waals surface area (Å²) in [6.45, 7) is 0.837. The first-order valence-corrected chi connectivity index (χ1v) is 9.28. The molecule has 2 aromatic rings. The Kier molecular flexibility index (Phi) is 4.83. The van der Waals surface area contributed by atoms with Crippen LogP contribution in [0.25, 0.3) is 0 Å². The highest BCUT2D eigenvalue weighted by atomic mass is 32.2. The highest BCUT2D eigenvalue weighted by Crippen LogP contribution is 2.28. The molecule has 3 nitrogen and oxygen atoms in total. The molecule has 1 aliphatic rings. The molecule has 2 heterocycles. The van der Waals surface area contributed by atoms with Gasteiger partial charge in [-0.2, -0.15) is 11.8 Å². The maximum atomic E-state index is 4.65. The molecule has 0 unspecified atom stereocenters. The van der Waals surface area contributed by atoms with E-state index in [-0.39, 0.29) is 0 Å². The zero-order valence-electron chi connectivity index (χ0n) is 12.5. The lowest BCUT2D eigenvalue weighted by Gasteiger charge is -2.18. The smallest absolute Gasteiger partial charge is 0.185 e. The average molecular weight is 319 g/mol. The molecule has 21 heavy (non-hydrogen) atoms. The second-order valence-corrected chi connectivity index (χ2v) is 7.46. The number of thiazole rings is 1. The second-order valence-electron chi connectivity index (χ2n) is 5.47. The zero-order valence-corrected chi connectivity index (χ0v) is 14.1. The van der Waals surface area contributed by atoms with Gasteiger partial charge in [0.15, 0.2) is 5.13 Å². The average Bonchev–Trinajstić information content (AvgIpc) is 2.87. The van der Waals surface area contributed by atoms with Crippen molar-refractivity contribution in [2.24, 2.45) is 0 Å². The molecule has 0 spiro atoms. The third kappa shape index (κ3) is 3.59. The molecule has 0 amide bonds. The largest absolute Gasteiger partial charge is 0.354 e. The molecular weight excluding hydrogens is 298 g/mol. The van der Waals surface area contributed by atoms with Gasteiger partial charge in [-0.05, 0) is 23.3 Å². The van der Waals surface area contributed by atoms with Crippen molar-refractivity contribution in [2.45, 2.75) is 19.0 Å². The van der Waals surface area contributed by atoms with Gasteiger partial charge in [0.25, 0.3) is 0 Å². The predicted octanol–water partition coefficient (Wildman–Crippen LogP) is 3.33. The van der Waals surface area contributed by atoms with Gasteiger partial charge in [-0.3, -0.25) is 0 Å². The topological polar surface area (TPSA) is 28.2 Å². The van der Waals surface area contributed by atoms with Crippen molar-refractivity contribution in [2.75, 3.05) is 30.5 Å². The first kappa shape index (κ1) is 14.9. The first-order chi connectivity index (χ1) is 10.2. The van der Waals surface area contributed by atoms with Crippen LogP contribution in [0.15, 0.2) is 29.6 Å². The summed E-state index contributed by atoms with van der Waals surface area (Å²) in [6, 6.07) is 9.26. The Bertz CT molecular complexity index is 595. The molecule has 1 atom stereocenters. The highest BCUT2D eigenvalue weighted by molar-refractivity contribution is 7.99. The van der Waals surface area contributed by atoms with E-state index in [0.29, 0.717) is 6.04 Å². The summed E-state index contributed by atoms with van der Waals surface area (Å²) in [5.41, 5.74) is 4.09. The molecule has 0 bridgehead atoms. The van der Waals surface area contributed by atoms with Crippen molar-refractivity contribution in [1.82, 2.24) is 10.3 Å². The van der Waals surface area contributed by atoms with Gasteiger partial charge >= 0.3 is 0 Å². The van der Waals surface area contributed by atoms with Crippen LogP contribution in [-0.2, 0) is 13.0 Å². The third-order valence-corrected chi connectivity index (χ3v) is 5.80. The van der Waals surface area contributed by atoms with Crippen molar-refractivity contribution < 1.29 is 0 Å². The van der Waals surface area contributed by atoms with E-state index in [2.05, 4.69) is 44.8 Å². The first-order valence-electron chi connectivity index (χ1n) is 7.24. The zero-order chi connectivity index (χ0) is 14.7. The van der Waals surface area contributed by atoms with Crippen LogP contribution in [0.2, 0.25) is 0 Å². The lowest BCUT2D eigenvalue weighted by Crippen LogP contribution is -2.23. The number of fused-ring (bicyclic) bond motifs is 1. The normalized spacial score (nSPS) is 18.1. The quantitative estimate of drug-likeness (QED) is 0.936. The van der Waals surface area contributed by atoms with Crippen molar-refractivity contribution in [1.29, 1.82) is 0 Å². The van der Waals surface area contributed by atoms with E-state index in [1.807, 2.05) is 25.9 Å². The predicted molar refractivity (Wildman–Crippen MR) is 93.5 cm³/mol. The van der Waals surface area contributed by atoms with E-state index in [9.17, 15) is 0 Å². The van der Waals surface area contributed by atoms with Crippen LogP contribution in [0.1, 0.15) is 22.9 Å².